The zero-order valence-electron chi connectivity index (χ0n) is 11.5. The summed E-state index contributed by atoms with van der Waals surface area (Å²) < 4.78 is 14.9. The number of rotatable bonds is 7. The van der Waals surface area contributed by atoms with Crippen LogP contribution in [0.5, 0.6) is 0 Å². The largest absolute Gasteiger partial charge is 0.313 e. The van der Waals surface area contributed by atoms with Crippen molar-refractivity contribution < 1.29 is 4.39 Å². The summed E-state index contributed by atoms with van der Waals surface area (Å²) in [4.78, 5) is 1.31. The molecule has 1 aromatic heterocycles. The topological polar surface area (TPSA) is 12.0 Å². The molecule has 0 aliphatic carbocycles. The second-order valence-electron chi connectivity index (χ2n) is 4.84. The number of nitrogens with one attached hydrogen (secondary N) is 1. The van der Waals surface area contributed by atoms with E-state index < -0.39 is 0 Å². The lowest BCUT2D eigenvalue weighted by Crippen LogP contribution is -2.34. The van der Waals surface area contributed by atoms with Gasteiger partial charge < -0.3 is 5.32 Å². The summed E-state index contributed by atoms with van der Waals surface area (Å²) in [5.74, 6) is -0.110. The molecule has 0 bridgehead atoms. The average Bonchev–Trinajstić information content (AvgIpc) is 2.84. The van der Waals surface area contributed by atoms with Crippen molar-refractivity contribution in [1.29, 1.82) is 0 Å². The van der Waals surface area contributed by atoms with E-state index in [1.807, 2.05) is 12.1 Å². The number of hydrogen-bond donors (Lipinski definition) is 1. The summed E-state index contributed by atoms with van der Waals surface area (Å²) in [6, 6.07) is 9.38. The van der Waals surface area contributed by atoms with Gasteiger partial charge in [-0.25, -0.2) is 4.39 Å². The van der Waals surface area contributed by atoms with E-state index in [9.17, 15) is 4.39 Å². The van der Waals surface area contributed by atoms with Gasteiger partial charge in [0.2, 0.25) is 0 Å². The first-order valence-electron chi connectivity index (χ1n) is 6.89. The van der Waals surface area contributed by atoms with Crippen LogP contribution in [0.25, 0.3) is 0 Å². The monoisotopic (exact) mass is 355 g/mol. The first-order chi connectivity index (χ1) is 9.70. The molecular weight excluding hydrogens is 337 g/mol. The normalized spacial score (nSPS) is 12.6. The van der Waals surface area contributed by atoms with Crippen molar-refractivity contribution in [3.05, 3.63) is 56.4 Å². The van der Waals surface area contributed by atoms with E-state index in [-0.39, 0.29) is 11.9 Å². The summed E-state index contributed by atoms with van der Waals surface area (Å²) in [5, 5.41) is 5.61. The van der Waals surface area contributed by atoms with Crippen LogP contribution in [0.2, 0.25) is 0 Å². The minimum absolute atomic E-state index is 0.110. The van der Waals surface area contributed by atoms with Gasteiger partial charge in [-0.3, -0.25) is 0 Å². The van der Waals surface area contributed by atoms with Gasteiger partial charge in [0.05, 0.1) is 0 Å². The lowest BCUT2D eigenvalue weighted by molar-refractivity contribution is 0.494. The molecule has 1 heterocycles. The molecule has 0 spiro atoms. The molecule has 0 aliphatic rings. The highest BCUT2D eigenvalue weighted by molar-refractivity contribution is 9.10. The number of hydrogen-bond acceptors (Lipinski definition) is 2. The molecule has 0 amide bonds. The molecule has 108 valence electrons. The molecule has 0 aliphatic heterocycles. The van der Waals surface area contributed by atoms with Gasteiger partial charge in [0.25, 0.3) is 0 Å². The van der Waals surface area contributed by atoms with Crippen molar-refractivity contribution in [3.8, 4) is 0 Å². The maximum atomic E-state index is 13.8. The van der Waals surface area contributed by atoms with E-state index in [0.717, 1.165) is 35.8 Å². The maximum Gasteiger partial charge on any atom is 0.126 e. The second kappa shape index (κ2) is 7.91. The van der Waals surface area contributed by atoms with Gasteiger partial charge in [0, 0.05) is 15.4 Å². The Bertz CT molecular complexity index is 541. The molecule has 1 N–H and O–H groups in total. The molecule has 2 rings (SSSR count). The Morgan fingerprint density at radius 1 is 1.25 bits per heavy atom. The molecule has 1 atom stereocenters. The smallest absolute Gasteiger partial charge is 0.126 e. The predicted molar refractivity (Wildman–Crippen MR) is 87.9 cm³/mol. The third-order valence-corrected chi connectivity index (χ3v) is 5.18. The third-order valence-electron chi connectivity index (χ3n) is 3.23. The SMILES string of the molecule is CCCNC(Cc1ccccc1F)Cc1sccc1Br. The molecule has 0 saturated carbocycles. The van der Waals surface area contributed by atoms with Crippen LogP contribution in [0.4, 0.5) is 4.39 Å². The first-order valence-corrected chi connectivity index (χ1v) is 8.56. The Morgan fingerprint density at radius 3 is 2.70 bits per heavy atom. The molecule has 20 heavy (non-hydrogen) atoms. The fourth-order valence-corrected chi connectivity index (χ4v) is 3.78. The maximum absolute atomic E-state index is 13.8. The van der Waals surface area contributed by atoms with Gasteiger partial charge in [-0.15, -0.1) is 11.3 Å². The summed E-state index contributed by atoms with van der Waals surface area (Å²) in [5.41, 5.74) is 0.786. The van der Waals surface area contributed by atoms with Crippen LogP contribution in [-0.4, -0.2) is 12.6 Å². The van der Waals surface area contributed by atoms with E-state index in [4.69, 9.17) is 0 Å². The second-order valence-corrected chi connectivity index (χ2v) is 6.70. The van der Waals surface area contributed by atoms with E-state index in [1.165, 1.54) is 10.9 Å². The Morgan fingerprint density at radius 2 is 2.05 bits per heavy atom. The van der Waals surface area contributed by atoms with Crippen LogP contribution >= 0.6 is 27.3 Å². The summed E-state index contributed by atoms with van der Waals surface area (Å²) in [7, 11) is 0. The number of benzene rings is 1. The Hall–Kier alpha value is -0.710. The number of halogens is 2. The van der Waals surface area contributed by atoms with Gasteiger partial charge in [-0.05, 0) is 64.8 Å². The summed E-state index contributed by atoms with van der Waals surface area (Å²) in [6.45, 7) is 3.11. The van der Waals surface area contributed by atoms with Crippen LogP contribution in [0.3, 0.4) is 0 Å². The Labute approximate surface area is 132 Å². The highest BCUT2D eigenvalue weighted by atomic mass is 79.9. The minimum atomic E-state index is -0.110. The summed E-state index contributed by atoms with van der Waals surface area (Å²) in [6.07, 6.45) is 2.73. The van der Waals surface area contributed by atoms with Crippen molar-refractivity contribution in [2.45, 2.75) is 32.2 Å². The molecule has 0 saturated heterocycles. The molecule has 1 nitrogen and oxygen atoms in total. The summed E-state index contributed by atoms with van der Waals surface area (Å²) >= 11 is 5.32. The Kier molecular flexibility index (Phi) is 6.20. The van der Waals surface area contributed by atoms with E-state index in [1.54, 1.807) is 17.4 Å². The molecule has 0 fully saturated rings. The first kappa shape index (κ1) is 15.7. The zero-order chi connectivity index (χ0) is 14.4. The Balaban J connectivity index is 2.07. The van der Waals surface area contributed by atoms with Crippen LogP contribution in [0, 0.1) is 5.82 Å². The van der Waals surface area contributed by atoms with Gasteiger partial charge in [-0.1, -0.05) is 25.1 Å². The molecule has 4 heteroatoms. The van der Waals surface area contributed by atoms with Crippen molar-refractivity contribution in [2.75, 3.05) is 6.54 Å². The van der Waals surface area contributed by atoms with Crippen molar-refractivity contribution in [2.24, 2.45) is 0 Å². The van der Waals surface area contributed by atoms with E-state index in [0.29, 0.717) is 0 Å². The standard InChI is InChI=1S/C16H19BrFNS/c1-2-8-19-13(11-16-14(17)7-9-20-16)10-12-5-3-4-6-15(12)18/h3-7,9,13,19H,2,8,10-11H2,1H3. The highest BCUT2D eigenvalue weighted by Gasteiger charge is 2.14. The molecular formula is C16H19BrFNS. The number of thiophene rings is 1. The van der Waals surface area contributed by atoms with Gasteiger partial charge >= 0.3 is 0 Å². The molecule has 1 unspecified atom stereocenters. The lowest BCUT2D eigenvalue weighted by Gasteiger charge is -2.18. The molecule has 2 aromatic rings. The van der Waals surface area contributed by atoms with Crippen LogP contribution in [0.1, 0.15) is 23.8 Å². The van der Waals surface area contributed by atoms with Crippen molar-refractivity contribution >= 4 is 27.3 Å². The molecule has 1 aromatic carbocycles. The zero-order valence-corrected chi connectivity index (χ0v) is 13.9. The molecule has 0 radical (unpaired) electrons. The quantitative estimate of drug-likeness (QED) is 0.751. The minimum Gasteiger partial charge on any atom is -0.313 e. The van der Waals surface area contributed by atoms with Gasteiger partial charge in [0.15, 0.2) is 0 Å². The van der Waals surface area contributed by atoms with E-state index in [2.05, 4.69) is 39.6 Å². The third kappa shape index (κ3) is 4.40. The lowest BCUT2D eigenvalue weighted by atomic mass is 10.0. The predicted octanol–water partition coefficient (Wildman–Crippen LogP) is 4.80. The van der Waals surface area contributed by atoms with E-state index >= 15 is 0 Å². The van der Waals surface area contributed by atoms with Crippen LogP contribution in [0.15, 0.2) is 40.2 Å². The average molecular weight is 356 g/mol. The van der Waals surface area contributed by atoms with Crippen molar-refractivity contribution in [1.82, 2.24) is 5.32 Å². The van der Waals surface area contributed by atoms with Crippen molar-refractivity contribution in [3.63, 3.8) is 0 Å². The van der Waals surface area contributed by atoms with Gasteiger partial charge in [-0.2, -0.15) is 0 Å². The fraction of sp³-hybridized carbons (Fsp3) is 0.375. The fourth-order valence-electron chi connectivity index (χ4n) is 2.19. The highest BCUT2D eigenvalue weighted by Crippen LogP contribution is 2.25. The van der Waals surface area contributed by atoms with Crippen LogP contribution in [-0.2, 0) is 12.8 Å². The van der Waals surface area contributed by atoms with Gasteiger partial charge in [0.1, 0.15) is 5.82 Å². The van der Waals surface area contributed by atoms with Crippen LogP contribution < -0.4 is 5.32 Å².